The number of halogens is 1. The Kier molecular flexibility index (Phi) is 3.72. The SMILES string of the molecule is CCN(c1ccc(CNC)c(Cl)c1)C1CC1. The lowest BCUT2D eigenvalue weighted by Crippen LogP contribution is -2.24. The van der Waals surface area contributed by atoms with E-state index in [2.05, 4.69) is 35.3 Å². The van der Waals surface area contributed by atoms with Crippen molar-refractivity contribution >= 4 is 17.3 Å². The van der Waals surface area contributed by atoms with Crippen LogP contribution >= 0.6 is 11.6 Å². The van der Waals surface area contributed by atoms with Crippen LogP contribution in [0.4, 0.5) is 5.69 Å². The van der Waals surface area contributed by atoms with Crippen LogP contribution in [0.1, 0.15) is 25.3 Å². The molecule has 1 aromatic rings. The standard InChI is InChI=1S/C13H19ClN2/c1-3-16(11-6-7-11)12-5-4-10(9-15-2)13(14)8-12/h4-5,8,11,15H,3,6-7,9H2,1-2H3. The van der Waals surface area contributed by atoms with Crippen molar-refractivity contribution in [3.05, 3.63) is 28.8 Å². The highest BCUT2D eigenvalue weighted by molar-refractivity contribution is 6.31. The topological polar surface area (TPSA) is 15.3 Å². The number of hydrogen-bond acceptors (Lipinski definition) is 2. The second kappa shape index (κ2) is 5.07. The summed E-state index contributed by atoms with van der Waals surface area (Å²) in [4.78, 5) is 2.44. The summed E-state index contributed by atoms with van der Waals surface area (Å²) >= 11 is 6.27. The molecule has 1 saturated carbocycles. The molecule has 0 bridgehead atoms. The zero-order valence-electron chi connectivity index (χ0n) is 9.96. The Balaban J connectivity index is 2.18. The lowest BCUT2D eigenvalue weighted by Gasteiger charge is -2.23. The second-order valence-electron chi connectivity index (χ2n) is 4.32. The Morgan fingerprint density at radius 2 is 2.19 bits per heavy atom. The van der Waals surface area contributed by atoms with Crippen LogP contribution in [-0.2, 0) is 6.54 Å². The summed E-state index contributed by atoms with van der Waals surface area (Å²) in [5.74, 6) is 0. The molecule has 16 heavy (non-hydrogen) atoms. The zero-order valence-corrected chi connectivity index (χ0v) is 10.7. The number of nitrogens with one attached hydrogen (secondary N) is 1. The fourth-order valence-electron chi connectivity index (χ4n) is 2.09. The van der Waals surface area contributed by atoms with Gasteiger partial charge in [-0.25, -0.2) is 0 Å². The van der Waals surface area contributed by atoms with E-state index in [0.29, 0.717) is 0 Å². The Labute approximate surface area is 103 Å². The monoisotopic (exact) mass is 238 g/mol. The lowest BCUT2D eigenvalue weighted by molar-refractivity contribution is 0.810. The van der Waals surface area contributed by atoms with Crippen LogP contribution < -0.4 is 10.2 Å². The molecule has 2 rings (SSSR count). The van der Waals surface area contributed by atoms with Gasteiger partial charge in [-0.3, -0.25) is 0 Å². The van der Waals surface area contributed by atoms with Gasteiger partial charge in [0.1, 0.15) is 0 Å². The predicted molar refractivity (Wildman–Crippen MR) is 70.3 cm³/mol. The molecule has 1 aromatic carbocycles. The summed E-state index contributed by atoms with van der Waals surface area (Å²) in [5.41, 5.74) is 2.43. The number of benzene rings is 1. The van der Waals surface area contributed by atoms with Gasteiger partial charge >= 0.3 is 0 Å². The van der Waals surface area contributed by atoms with Crippen molar-refractivity contribution in [3.63, 3.8) is 0 Å². The summed E-state index contributed by atoms with van der Waals surface area (Å²) in [5, 5.41) is 3.99. The molecule has 0 atom stereocenters. The molecule has 2 nitrogen and oxygen atoms in total. The van der Waals surface area contributed by atoms with Crippen LogP contribution in [0.5, 0.6) is 0 Å². The fourth-order valence-corrected chi connectivity index (χ4v) is 2.33. The summed E-state index contributed by atoms with van der Waals surface area (Å²) in [6, 6.07) is 7.14. The van der Waals surface area contributed by atoms with Crippen molar-refractivity contribution in [1.82, 2.24) is 5.32 Å². The quantitative estimate of drug-likeness (QED) is 0.848. The largest absolute Gasteiger partial charge is 0.369 e. The molecule has 0 radical (unpaired) electrons. The molecule has 0 saturated heterocycles. The smallest absolute Gasteiger partial charge is 0.0471 e. The first-order valence-electron chi connectivity index (χ1n) is 5.96. The van der Waals surface area contributed by atoms with Crippen LogP contribution in [0, 0.1) is 0 Å². The van der Waals surface area contributed by atoms with Gasteiger partial charge in [0.15, 0.2) is 0 Å². The highest BCUT2D eigenvalue weighted by atomic mass is 35.5. The fraction of sp³-hybridized carbons (Fsp3) is 0.538. The van der Waals surface area contributed by atoms with Crippen LogP contribution in [0.25, 0.3) is 0 Å². The van der Waals surface area contributed by atoms with Gasteiger partial charge in [0.25, 0.3) is 0 Å². The Hall–Kier alpha value is -0.730. The van der Waals surface area contributed by atoms with E-state index in [4.69, 9.17) is 11.6 Å². The van der Waals surface area contributed by atoms with E-state index in [9.17, 15) is 0 Å². The van der Waals surface area contributed by atoms with E-state index >= 15 is 0 Å². The molecule has 0 unspecified atom stereocenters. The molecule has 0 spiro atoms. The van der Waals surface area contributed by atoms with Crippen molar-refractivity contribution in [1.29, 1.82) is 0 Å². The Morgan fingerprint density at radius 1 is 1.44 bits per heavy atom. The maximum atomic E-state index is 6.27. The first-order chi connectivity index (χ1) is 7.76. The predicted octanol–water partition coefficient (Wildman–Crippen LogP) is 3.05. The number of nitrogens with zero attached hydrogens (tertiary/aromatic N) is 1. The third-order valence-electron chi connectivity index (χ3n) is 3.06. The van der Waals surface area contributed by atoms with Crippen molar-refractivity contribution in [2.45, 2.75) is 32.4 Å². The van der Waals surface area contributed by atoms with Gasteiger partial charge in [0, 0.05) is 29.8 Å². The van der Waals surface area contributed by atoms with E-state index in [1.165, 1.54) is 24.1 Å². The summed E-state index contributed by atoms with van der Waals surface area (Å²) in [6.07, 6.45) is 2.65. The number of hydrogen-bond donors (Lipinski definition) is 1. The Bertz CT molecular complexity index is 361. The van der Waals surface area contributed by atoms with Gasteiger partial charge in [-0.1, -0.05) is 17.7 Å². The first kappa shape index (κ1) is 11.7. The average Bonchev–Trinajstić information content (AvgIpc) is 3.07. The van der Waals surface area contributed by atoms with Gasteiger partial charge in [0.2, 0.25) is 0 Å². The zero-order chi connectivity index (χ0) is 11.5. The molecular weight excluding hydrogens is 220 g/mol. The van der Waals surface area contributed by atoms with Crippen molar-refractivity contribution in [2.75, 3.05) is 18.5 Å². The minimum atomic E-state index is 0.746. The molecular formula is C13H19ClN2. The van der Waals surface area contributed by atoms with E-state index in [1.807, 2.05) is 7.05 Å². The van der Waals surface area contributed by atoms with Crippen LogP contribution in [0.2, 0.25) is 5.02 Å². The van der Waals surface area contributed by atoms with Crippen molar-refractivity contribution in [2.24, 2.45) is 0 Å². The molecule has 0 aromatic heterocycles. The number of rotatable bonds is 5. The van der Waals surface area contributed by atoms with Crippen molar-refractivity contribution in [3.8, 4) is 0 Å². The van der Waals surface area contributed by atoms with Crippen LogP contribution in [0.15, 0.2) is 18.2 Å². The highest BCUT2D eigenvalue weighted by Crippen LogP contribution is 2.33. The van der Waals surface area contributed by atoms with E-state index in [0.717, 1.165) is 24.2 Å². The lowest BCUT2D eigenvalue weighted by atomic mass is 10.2. The minimum Gasteiger partial charge on any atom is -0.369 e. The maximum Gasteiger partial charge on any atom is 0.0471 e. The number of anilines is 1. The van der Waals surface area contributed by atoms with E-state index in [-0.39, 0.29) is 0 Å². The second-order valence-corrected chi connectivity index (χ2v) is 4.73. The van der Waals surface area contributed by atoms with Gasteiger partial charge < -0.3 is 10.2 Å². The first-order valence-corrected chi connectivity index (χ1v) is 6.33. The van der Waals surface area contributed by atoms with Gasteiger partial charge in [0.05, 0.1) is 0 Å². The summed E-state index contributed by atoms with van der Waals surface area (Å²) in [6.45, 7) is 4.09. The summed E-state index contributed by atoms with van der Waals surface area (Å²) < 4.78 is 0. The van der Waals surface area contributed by atoms with E-state index < -0.39 is 0 Å². The van der Waals surface area contributed by atoms with Crippen LogP contribution in [-0.4, -0.2) is 19.6 Å². The normalized spacial score (nSPS) is 15.2. The molecule has 1 fully saturated rings. The van der Waals surface area contributed by atoms with Crippen molar-refractivity contribution < 1.29 is 0 Å². The molecule has 88 valence electrons. The molecule has 0 amide bonds. The maximum absolute atomic E-state index is 6.27. The van der Waals surface area contributed by atoms with Crippen LogP contribution in [0.3, 0.4) is 0 Å². The third-order valence-corrected chi connectivity index (χ3v) is 3.42. The van der Waals surface area contributed by atoms with Gasteiger partial charge in [-0.05, 0) is 44.5 Å². The third kappa shape index (κ3) is 2.50. The van der Waals surface area contributed by atoms with Gasteiger partial charge in [-0.2, -0.15) is 0 Å². The molecule has 3 heteroatoms. The summed E-state index contributed by atoms with van der Waals surface area (Å²) in [7, 11) is 1.94. The highest BCUT2D eigenvalue weighted by Gasteiger charge is 2.28. The molecule has 0 heterocycles. The average molecular weight is 239 g/mol. The van der Waals surface area contributed by atoms with E-state index in [1.54, 1.807) is 0 Å². The minimum absolute atomic E-state index is 0.746. The van der Waals surface area contributed by atoms with Gasteiger partial charge in [-0.15, -0.1) is 0 Å². The molecule has 1 N–H and O–H groups in total. The molecule has 0 aliphatic heterocycles. The molecule has 1 aliphatic carbocycles. The Morgan fingerprint density at radius 3 is 2.69 bits per heavy atom. The molecule has 1 aliphatic rings.